The maximum Gasteiger partial charge on any atom is 0.254 e. The summed E-state index contributed by atoms with van der Waals surface area (Å²) in [5, 5.41) is 7.77. The number of thiophene rings is 1. The van der Waals surface area contributed by atoms with Gasteiger partial charge >= 0.3 is 0 Å². The van der Waals surface area contributed by atoms with Crippen LogP contribution < -0.4 is 5.32 Å². The van der Waals surface area contributed by atoms with E-state index in [0.29, 0.717) is 6.04 Å². The third-order valence-electron chi connectivity index (χ3n) is 7.29. The molecule has 1 aromatic heterocycles. The number of rotatable bonds is 3. The molecule has 4 fully saturated rings. The average Bonchev–Trinajstić information content (AvgIpc) is 3.48. The van der Waals surface area contributed by atoms with Gasteiger partial charge in [-0.2, -0.15) is 11.3 Å². The summed E-state index contributed by atoms with van der Waals surface area (Å²) in [6, 6.07) is 2.30. The summed E-state index contributed by atoms with van der Waals surface area (Å²) in [6.45, 7) is 3.51. The Kier molecular flexibility index (Phi) is 4.78. The molecule has 2 aliphatic carbocycles. The second kappa shape index (κ2) is 7.17. The molecule has 1 aromatic rings. The van der Waals surface area contributed by atoms with E-state index in [-0.39, 0.29) is 17.7 Å². The number of likely N-dealkylation sites (tertiary alicyclic amines) is 1. The maximum absolute atomic E-state index is 12.8. The number of fused-ring (bicyclic) bond motifs is 2. The number of carbonyl (C=O) groups excluding carboxylic acids is 2. The molecule has 2 saturated carbocycles. The number of thioether (sulfide) groups is 1. The monoisotopic (exact) mass is 417 g/mol. The summed E-state index contributed by atoms with van der Waals surface area (Å²) in [5.74, 6) is 2.08. The van der Waals surface area contributed by atoms with Crippen molar-refractivity contribution in [1.82, 2.24) is 10.2 Å². The Morgan fingerprint density at radius 2 is 2.07 bits per heavy atom. The minimum Gasteiger partial charge on any atom is -0.339 e. The van der Waals surface area contributed by atoms with Crippen LogP contribution in [0.15, 0.2) is 21.8 Å². The van der Waals surface area contributed by atoms with Gasteiger partial charge in [-0.15, -0.1) is 0 Å². The number of amides is 2. The molecule has 0 radical (unpaired) electrons. The van der Waals surface area contributed by atoms with Gasteiger partial charge in [-0.25, -0.2) is 0 Å². The third-order valence-corrected chi connectivity index (χ3v) is 9.32. The number of hydrogen-bond acceptors (Lipinski definition) is 5. The molecule has 5 nitrogen and oxygen atoms in total. The number of amidine groups is 1. The van der Waals surface area contributed by atoms with E-state index >= 15 is 0 Å². The summed E-state index contributed by atoms with van der Waals surface area (Å²) in [7, 11) is 0. The van der Waals surface area contributed by atoms with Gasteiger partial charge in [-0.1, -0.05) is 18.2 Å². The minimum absolute atomic E-state index is 0.0991. The van der Waals surface area contributed by atoms with Crippen molar-refractivity contribution in [2.24, 2.45) is 22.7 Å². The molecule has 2 bridgehead atoms. The van der Waals surface area contributed by atoms with E-state index in [9.17, 15) is 9.59 Å². The molecular weight excluding hydrogens is 390 g/mol. The van der Waals surface area contributed by atoms with E-state index in [2.05, 4.69) is 12.2 Å². The first-order valence-corrected chi connectivity index (χ1v) is 12.2. The number of nitrogens with one attached hydrogen (secondary N) is 1. The maximum atomic E-state index is 12.8. The van der Waals surface area contributed by atoms with E-state index in [1.807, 2.05) is 21.7 Å². The van der Waals surface area contributed by atoms with E-state index in [0.717, 1.165) is 48.5 Å². The minimum atomic E-state index is -0.464. The number of piperidine rings is 1. The van der Waals surface area contributed by atoms with E-state index in [1.165, 1.54) is 25.7 Å². The smallest absolute Gasteiger partial charge is 0.254 e. The molecule has 2 amide bonds. The highest BCUT2D eigenvalue weighted by Crippen LogP contribution is 2.48. The standard InChI is InChI=1S/C21H27N3O2S2/c1-21(16-4-7-24(8-5-16)18(25)15-6-9-27-12-15)19(26)23-20(28-21)22-17-11-13-2-3-14(17)10-13/h6,9,12-14,16-17H,2-5,7-8,10-11H2,1H3,(H,22,23,26)/t13-,14-,17-,21?/m0/s1. The van der Waals surface area contributed by atoms with Gasteiger partial charge < -0.3 is 10.2 Å². The molecule has 1 unspecified atom stereocenters. The van der Waals surface area contributed by atoms with Crippen molar-refractivity contribution >= 4 is 40.1 Å². The van der Waals surface area contributed by atoms with Gasteiger partial charge in [0.05, 0.1) is 11.6 Å². The lowest BCUT2D eigenvalue weighted by Gasteiger charge is -2.38. The fraction of sp³-hybridized carbons (Fsp3) is 0.667. The SMILES string of the molecule is CC1(C2CCN(C(=O)c3ccsc3)CC2)SC(=N[C@H]2C[C@H]3CC[C@H]2C3)NC1=O. The summed E-state index contributed by atoms with van der Waals surface area (Å²) >= 11 is 3.19. The topological polar surface area (TPSA) is 61.8 Å². The fourth-order valence-corrected chi connectivity index (χ4v) is 7.45. The van der Waals surface area contributed by atoms with Crippen LogP contribution in [-0.2, 0) is 4.79 Å². The van der Waals surface area contributed by atoms with Crippen molar-refractivity contribution in [2.75, 3.05) is 13.1 Å². The first-order valence-electron chi connectivity index (χ1n) is 10.4. The van der Waals surface area contributed by atoms with Gasteiger partial charge in [-0.05, 0) is 68.2 Å². The van der Waals surface area contributed by atoms with Crippen LogP contribution in [-0.4, -0.2) is 45.8 Å². The molecule has 150 valence electrons. The lowest BCUT2D eigenvalue weighted by Crippen LogP contribution is -2.47. The highest BCUT2D eigenvalue weighted by atomic mass is 32.2. The van der Waals surface area contributed by atoms with Crippen LogP contribution in [0.4, 0.5) is 0 Å². The summed E-state index contributed by atoms with van der Waals surface area (Å²) < 4.78 is -0.464. The highest BCUT2D eigenvalue weighted by molar-refractivity contribution is 8.16. The zero-order chi connectivity index (χ0) is 19.3. The molecule has 28 heavy (non-hydrogen) atoms. The first-order chi connectivity index (χ1) is 13.5. The van der Waals surface area contributed by atoms with Crippen molar-refractivity contribution in [3.05, 3.63) is 22.4 Å². The molecular formula is C21H27N3O2S2. The highest BCUT2D eigenvalue weighted by Gasteiger charge is 2.50. The molecule has 2 saturated heterocycles. The molecule has 5 rings (SSSR count). The Hall–Kier alpha value is -1.34. The van der Waals surface area contributed by atoms with Crippen molar-refractivity contribution < 1.29 is 9.59 Å². The van der Waals surface area contributed by atoms with Crippen LogP contribution in [0.5, 0.6) is 0 Å². The summed E-state index contributed by atoms with van der Waals surface area (Å²) in [4.78, 5) is 32.3. The summed E-state index contributed by atoms with van der Waals surface area (Å²) in [5.41, 5.74) is 0.780. The molecule has 0 aromatic carbocycles. The molecule has 3 heterocycles. The zero-order valence-electron chi connectivity index (χ0n) is 16.2. The molecule has 1 N–H and O–H groups in total. The van der Waals surface area contributed by atoms with Crippen LogP contribution in [0.2, 0.25) is 0 Å². The molecule has 4 atom stereocenters. The van der Waals surface area contributed by atoms with Crippen LogP contribution in [0.1, 0.15) is 55.8 Å². The second-order valence-electron chi connectivity index (χ2n) is 8.92. The Morgan fingerprint density at radius 1 is 1.25 bits per heavy atom. The lowest BCUT2D eigenvalue weighted by molar-refractivity contribution is -0.122. The van der Waals surface area contributed by atoms with Gasteiger partial charge in [0, 0.05) is 18.5 Å². The molecule has 2 aliphatic heterocycles. The second-order valence-corrected chi connectivity index (χ2v) is 11.1. The third kappa shape index (κ3) is 3.20. The van der Waals surface area contributed by atoms with Crippen molar-refractivity contribution in [3.8, 4) is 0 Å². The van der Waals surface area contributed by atoms with E-state index < -0.39 is 4.75 Å². The Bertz CT molecular complexity index is 801. The van der Waals surface area contributed by atoms with Crippen LogP contribution in [0.25, 0.3) is 0 Å². The Balaban J connectivity index is 1.23. The number of carbonyl (C=O) groups is 2. The van der Waals surface area contributed by atoms with Crippen LogP contribution in [0, 0.1) is 17.8 Å². The van der Waals surface area contributed by atoms with Gasteiger partial charge in [0.25, 0.3) is 5.91 Å². The van der Waals surface area contributed by atoms with Crippen LogP contribution >= 0.6 is 23.1 Å². The number of aliphatic imine (C=N–C) groups is 1. The largest absolute Gasteiger partial charge is 0.339 e. The Morgan fingerprint density at radius 3 is 2.71 bits per heavy atom. The normalized spacial score (nSPS) is 37.0. The van der Waals surface area contributed by atoms with E-state index in [4.69, 9.17) is 4.99 Å². The van der Waals surface area contributed by atoms with Crippen molar-refractivity contribution in [3.63, 3.8) is 0 Å². The number of nitrogens with zero attached hydrogens (tertiary/aromatic N) is 2. The summed E-state index contributed by atoms with van der Waals surface area (Å²) in [6.07, 6.45) is 6.94. The fourth-order valence-electron chi connectivity index (χ4n) is 5.54. The van der Waals surface area contributed by atoms with Gasteiger partial charge in [0.2, 0.25) is 5.91 Å². The molecule has 7 heteroatoms. The average molecular weight is 418 g/mol. The number of hydrogen-bond donors (Lipinski definition) is 1. The van der Waals surface area contributed by atoms with E-state index in [1.54, 1.807) is 23.1 Å². The first kappa shape index (κ1) is 18.7. The lowest BCUT2D eigenvalue weighted by atomic mass is 9.84. The van der Waals surface area contributed by atoms with Gasteiger partial charge in [0.15, 0.2) is 5.17 Å². The van der Waals surface area contributed by atoms with Gasteiger partial charge in [0.1, 0.15) is 4.75 Å². The predicted octanol–water partition coefficient (Wildman–Crippen LogP) is 3.77. The Labute approximate surface area is 174 Å². The zero-order valence-corrected chi connectivity index (χ0v) is 17.9. The molecule has 0 spiro atoms. The predicted molar refractivity (Wildman–Crippen MR) is 114 cm³/mol. The quantitative estimate of drug-likeness (QED) is 0.814. The van der Waals surface area contributed by atoms with Crippen LogP contribution in [0.3, 0.4) is 0 Å². The molecule has 4 aliphatic rings. The van der Waals surface area contributed by atoms with Gasteiger partial charge in [-0.3, -0.25) is 14.6 Å². The van der Waals surface area contributed by atoms with Crippen molar-refractivity contribution in [2.45, 2.75) is 56.2 Å². The van der Waals surface area contributed by atoms with Crippen molar-refractivity contribution in [1.29, 1.82) is 0 Å².